The molecule has 1 aromatic heterocycles. The molecule has 0 unspecified atom stereocenters. The Kier molecular flexibility index (Phi) is 3.96. The van der Waals surface area contributed by atoms with Crippen molar-refractivity contribution in [1.82, 2.24) is 9.78 Å². The predicted octanol–water partition coefficient (Wildman–Crippen LogP) is 3.45. The van der Waals surface area contributed by atoms with Crippen LogP contribution in [-0.2, 0) is 6.18 Å². The number of phenols is 1. The van der Waals surface area contributed by atoms with Crippen molar-refractivity contribution in [3.8, 4) is 22.9 Å². The van der Waals surface area contributed by atoms with Gasteiger partial charge in [0.2, 0.25) is 0 Å². The molecule has 3 N–H and O–H groups in total. The summed E-state index contributed by atoms with van der Waals surface area (Å²) in [5.74, 6) is -1.52. The highest BCUT2D eigenvalue weighted by molar-refractivity contribution is 6.33. The van der Waals surface area contributed by atoms with Crippen molar-refractivity contribution in [3.63, 3.8) is 0 Å². The van der Waals surface area contributed by atoms with Gasteiger partial charge in [-0.3, -0.25) is 0 Å². The van der Waals surface area contributed by atoms with Crippen LogP contribution in [-0.4, -0.2) is 14.9 Å². The number of hydrogen-bond donors (Lipinski definition) is 2. The van der Waals surface area contributed by atoms with Crippen molar-refractivity contribution in [2.75, 3.05) is 5.73 Å². The summed E-state index contributed by atoms with van der Waals surface area (Å²) in [7, 11) is 0. The average Bonchev–Trinajstić information content (AvgIpc) is 2.92. The van der Waals surface area contributed by atoms with Gasteiger partial charge in [0.15, 0.2) is 0 Å². The fourth-order valence-electron chi connectivity index (χ4n) is 2.09. The van der Waals surface area contributed by atoms with Crippen LogP contribution in [0.4, 0.5) is 18.9 Å². The second-order valence-electron chi connectivity index (χ2n) is 5.02. The number of rotatable bonds is 2. The average molecular weight is 372 g/mol. The lowest BCUT2D eigenvalue weighted by Crippen LogP contribution is -2.14. The van der Waals surface area contributed by atoms with E-state index < -0.39 is 17.5 Å². The molecule has 0 radical (unpaired) electrons. The minimum atomic E-state index is -4.50. The van der Waals surface area contributed by atoms with Gasteiger partial charge in [-0.05, 0) is 30.3 Å². The number of hydrogen-bond acceptors (Lipinski definition) is 5. The molecule has 0 atom stereocenters. The SMILES string of the molecule is Nc1cc(O)c(-c2nn(-c3ccc(C(F)(F)F)cc3)c(=O)o2)cc1Cl. The van der Waals surface area contributed by atoms with Crippen molar-refractivity contribution >= 4 is 17.3 Å². The number of nitrogen functional groups attached to an aromatic ring is 1. The summed E-state index contributed by atoms with van der Waals surface area (Å²) in [5.41, 5.74) is 4.87. The van der Waals surface area contributed by atoms with Gasteiger partial charge in [-0.25, -0.2) is 4.79 Å². The van der Waals surface area contributed by atoms with Gasteiger partial charge >= 0.3 is 11.9 Å². The molecule has 2 aromatic carbocycles. The first-order valence-corrected chi connectivity index (χ1v) is 7.11. The maximum atomic E-state index is 12.6. The third-order valence-electron chi connectivity index (χ3n) is 3.33. The number of benzene rings is 2. The van der Waals surface area contributed by atoms with Crippen molar-refractivity contribution in [1.29, 1.82) is 0 Å². The van der Waals surface area contributed by atoms with Crippen LogP contribution in [0.3, 0.4) is 0 Å². The lowest BCUT2D eigenvalue weighted by Gasteiger charge is -2.06. The lowest BCUT2D eigenvalue weighted by atomic mass is 10.2. The van der Waals surface area contributed by atoms with Crippen molar-refractivity contribution < 1.29 is 22.7 Å². The number of halogens is 4. The summed E-state index contributed by atoms with van der Waals surface area (Å²) >= 11 is 5.86. The Morgan fingerprint density at radius 3 is 2.44 bits per heavy atom. The second-order valence-corrected chi connectivity index (χ2v) is 5.43. The molecule has 1 heterocycles. The third kappa shape index (κ3) is 3.18. The summed E-state index contributed by atoms with van der Waals surface area (Å²) < 4.78 is 43.5. The van der Waals surface area contributed by atoms with E-state index in [1.807, 2.05) is 0 Å². The molecule has 3 aromatic rings. The molecule has 130 valence electrons. The largest absolute Gasteiger partial charge is 0.507 e. The Hall–Kier alpha value is -2.94. The molecule has 0 aliphatic rings. The summed E-state index contributed by atoms with van der Waals surface area (Å²) in [4.78, 5) is 11.9. The molecule has 0 fully saturated rings. The summed E-state index contributed by atoms with van der Waals surface area (Å²) in [6.07, 6.45) is -4.50. The summed E-state index contributed by atoms with van der Waals surface area (Å²) in [6.45, 7) is 0. The zero-order valence-electron chi connectivity index (χ0n) is 12.2. The Bertz CT molecular complexity index is 994. The normalized spacial score (nSPS) is 11.7. The molecule has 0 bridgehead atoms. The van der Waals surface area contributed by atoms with E-state index in [-0.39, 0.29) is 33.6 Å². The summed E-state index contributed by atoms with van der Waals surface area (Å²) in [5, 5.41) is 13.9. The van der Waals surface area contributed by atoms with Gasteiger partial charge in [-0.15, -0.1) is 5.10 Å². The van der Waals surface area contributed by atoms with E-state index >= 15 is 0 Å². The molecule has 0 spiro atoms. The Morgan fingerprint density at radius 1 is 1.20 bits per heavy atom. The van der Waals surface area contributed by atoms with Crippen LogP contribution in [0, 0.1) is 0 Å². The second kappa shape index (κ2) is 5.85. The van der Waals surface area contributed by atoms with Crippen molar-refractivity contribution in [2.24, 2.45) is 0 Å². The number of nitrogens with two attached hydrogens (primary N) is 1. The Balaban J connectivity index is 2.04. The number of aromatic hydroxyl groups is 1. The third-order valence-corrected chi connectivity index (χ3v) is 3.66. The van der Waals surface area contributed by atoms with E-state index in [0.717, 1.165) is 35.0 Å². The minimum absolute atomic E-state index is 0.0157. The number of phenolic OH excluding ortho intramolecular Hbond substituents is 1. The molecule has 6 nitrogen and oxygen atoms in total. The molecule has 0 saturated heterocycles. The molecule has 10 heteroatoms. The Labute approximate surface area is 142 Å². The first-order valence-electron chi connectivity index (χ1n) is 6.73. The highest BCUT2D eigenvalue weighted by atomic mass is 35.5. The van der Waals surface area contributed by atoms with Gasteiger partial charge in [0.1, 0.15) is 5.75 Å². The molecule has 0 aliphatic carbocycles. The van der Waals surface area contributed by atoms with Gasteiger partial charge in [0.05, 0.1) is 27.5 Å². The molecule has 3 rings (SSSR count). The monoisotopic (exact) mass is 371 g/mol. The van der Waals surface area contributed by atoms with E-state index in [1.165, 1.54) is 6.07 Å². The van der Waals surface area contributed by atoms with E-state index in [9.17, 15) is 23.1 Å². The molecule has 25 heavy (non-hydrogen) atoms. The standard InChI is InChI=1S/C15H9ClF3N3O3/c16-10-5-9(12(23)6-11(10)20)13-21-22(14(24)25-13)8-3-1-7(2-4-8)15(17,18)19/h1-6,23H,20H2. The smallest absolute Gasteiger partial charge is 0.442 e. The topological polar surface area (TPSA) is 94.3 Å². The van der Waals surface area contributed by atoms with Crippen LogP contribution in [0.2, 0.25) is 5.02 Å². The zero-order chi connectivity index (χ0) is 18.4. The Morgan fingerprint density at radius 2 is 1.84 bits per heavy atom. The van der Waals surface area contributed by atoms with Crippen LogP contribution in [0.25, 0.3) is 17.1 Å². The van der Waals surface area contributed by atoms with Crippen molar-refractivity contribution in [2.45, 2.75) is 6.18 Å². The molecule has 0 aliphatic heterocycles. The maximum absolute atomic E-state index is 12.6. The van der Waals surface area contributed by atoms with E-state index in [4.69, 9.17) is 21.8 Å². The van der Waals surface area contributed by atoms with Crippen LogP contribution in [0.1, 0.15) is 5.56 Å². The van der Waals surface area contributed by atoms with Gasteiger partial charge < -0.3 is 15.3 Å². The maximum Gasteiger partial charge on any atom is 0.442 e. The highest BCUT2D eigenvalue weighted by Crippen LogP contribution is 2.34. The van der Waals surface area contributed by atoms with Gasteiger partial charge in [-0.2, -0.15) is 17.9 Å². The van der Waals surface area contributed by atoms with Gasteiger partial charge in [0, 0.05) is 6.07 Å². The van der Waals surface area contributed by atoms with Crippen LogP contribution < -0.4 is 11.5 Å². The van der Waals surface area contributed by atoms with Crippen LogP contribution in [0.15, 0.2) is 45.6 Å². The number of anilines is 1. The lowest BCUT2D eigenvalue weighted by molar-refractivity contribution is -0.137. The number of aromatic nitrogens is 2. The van der Waals surface area contributed by atoms with E-state index in [0.29, 0.717) is 0 Å². The quantitative estimate of drug-likeness (QED) is 0.673. The predicted molar refractivity (Wildman–Crippen MR) is 83.6 cm³/mol. The van der Waals surface area contributed by atoms with Gasteiger partial charge in [-0.1, -0.05) is 11.6 Å². The highest BCUT2D eigenvalue weighted by Gasteiger charge is 2.30. The van der Waals surface area contributed by atoms with Crippen LogP contribution >= 0.6 is 11.6 Å². The van der Waals surface area contributed by atoms with Gasteiger partial charge in [0.25, 0.3) is 5.89 Å². The fraction of sp³-hybridized carbons (Fsp3) is 0.0667. The first-order chi connectivity index (χ1) is 11.7. The van der Waals surface area contributed by atoms with E-state index in [2.05, 4.69) is 5.10 Å². The number of nitrogens with zero attached hydrogens (tertiary/aromatic N) is 2. The molecular formula is C15H9ClF3N3O3. The molecule has 0 saturated carbocycles. The molecular weight excluding hydrogens is 363 g/mol. The molecule has 0 amide bonds. The summed E-state index contributed by atoms with van der Waals surface area (Å²) in [6, 6.07) is 6.20. The van der Waals surface area contributed by atoms with E-state index in [1.54, 1.807) is 0 Å². The minimum Gasteiger partial charge on any atom is -0.507 e. The van der Waals surface area contributed by atoms with Crippen molar-refractivity contribution in [3.05, 3.63) is 57.5 Å². The zero-order valence-corrected chi connectivity index (χ0v) is 13.0. The number of alkyl halides is 3. The first kappa shape index (κ1) is 16.9. The van der Waals surface area contributed by atoms with Crippen LogP contribution in [0.5, 0.6) is 5.75 Å². The fourth-order valence-corrected chi connectivity index (χ4v) is 2.25.